The van der Waals surface area contributed by atoms with Crippen LogP contribution in [0.15, 0.2) is 24.3 Å². The number of hydrogen-bond acceptors (Lipinski definition) is 4. The van der Waals surface area contributed by atoms with Gasteiger partial charge >= 0.3 is 6.03 Å². The largest absolute Gasteiger partial charge is 0.325 e. The van der Waals surface area contributed by atoms with Crippen molar-refractivity contribution in [3.8, 4) is 0 Å². The standard InChI is InChI=1S/C19H24N4O4/c1-5-19(6-2)16(26)22(17(27)21-19)11-14(24)23-13-10-8-7-9-12(13)20-15(25)18(23,3)4/h7-10H,5-6,11H2,1-4H3,(H,20,25)(H,21,27). The molecular weight excluding hydrogens is 348 g/mol. The third-order valence-electron chi connectivity index (χ3n) is 5.50. The number of anilines is 2. The number of nitrogens with zero attached hydrogens (tertiary/aromatic N) is 2. The highest BCUT2D eigenvalue weighted by Gasteiger charge is 2.51. The number of carbonyl (C=O) groups is 4. The summed E-state index contributed by atoms with van der Waals surface area (Å²) in [6.07, 6.45) is 0.887. The Morgan fingerprint density at radius 3 is 2.30 bits per heavy atom. The molecule has 0 saturated carbocycles. The molecule has 27 heavy (non-hydrogen) atoms. The number of fused-ring (bicyclic) bond motifs is 1. The molecule has 2 heterocycles. The lowest BCUT2D eigenvalue weighted by Gasteiger charge is -2.42. The van der Waals surface area contributed by atoms with E-state index >= 15 is 0 Å². The van der Waals surface area contributed by atoms with Crippen LogP contribution in [0.2, 0.25) is 0 Å². The number of amides is 5. The van der Waals surface area contributed by atoms with Gasteiger partial charge < -0.3 is 10.6 Å². The summed E-state index contributed by atoms with van der Waals surface area (Å²) in [4.78, 5) is 53.1. The van der Waals surface area contributed by atoms with Gasteiger partial charge in [-0.15, -0.1) is 0 Å². The second-order valence-electron chi connectivity index (χ2n) is 7.37. The van der Waals surface area contributed by atoms with Gasteiger partial charge in [-0.3, -0.25) is 24.2 Å². The second-order valence-corrected chi connectivity index (χ2v) is 7.37. The van der Waals surface area contributed by atoms with Gasteiger partial charge in [-0.05, 0) is 38.8 Å². The van der Waals surface area contributed by atoms with E-state index in [2.05, 4.69) is 10.6 Å². The first-order valence-electron chi connectivity index (χ1n) is 9.05. The van der Waals surface area contributed by atoms with Gasteiger partial charge in [-0.25, -0.2) is 4.79 Å². The molecule has 0 bridgehead atoms. The Kier molecular flexibility index (Phi) is 4.45. The molecule has 0 radical (unpaired) electrons. The fourth-order valence-corrected chi connectivity index (χ4v) is 3.65. The molecule has 0 aromatic heterocycles. The van der Waals surface area contributed by atoms with Gasteiger partial charge in [-0.1, -0.05) is 26.0 Å². The first-order valence-corrected chi connectivity index (χ1v) is 9.05. The fraction of sp³-hybridized carbons (Fsp3) is 0.474. The van der Waals surface area contributed by atoms with E-state index in [-0.39, 0.29) is 5.91 Å². The highest BCUT2D eigenvalue weighted by Crippen LogP contribution is 2.37. The molecule has 2 aliphatic heterocycles. The molecule has 1 aromatic carbocycles. The normalized spacial score (nSPS) is 20.2. The van der Waals surface area contributed by atoms with Gasteiger partial charge in [0.2, 0.25) is 11.8 Å². The number of rotatable bonds is 4. The molecule has 0 unspecified atom stereocenters. The summed E-state index contributed by atoms with van der Waals surface area (Å²) in [7, 11) is 0. The van der Waals surface area contributed by atoms with E-state index in [1.54, 1.807) is 38.1 Å². The summed E-state index contributed by atoms with van der Waals surface area (Å²) < 4.78 is 0. The zero-order chi connectivity index (χ0) is 20.0. The predicted molar refractivity (Wildman–Crippen MR) is 100 cm³/mol. The number of para-hydroxylation sites is 2. The maximum Gasteiger partial charge on any atom is 0.325 e. The minimum absolute atomic E-state index is 0.330. The van der Waals surface area contributed by atoms with E-state index in [4.69, 9.17) is 0 Å². The summed E-state index contributed by atoms with van der Waals surface area (Å²) in [5.41, 5.74) is -1.07. The Hall–Kier alpha value is -2.90. The van der Waals surface area contributed by atoms with Gasteiger partial charge in [0.25, 0.3) is 5.91 Å². The van der Waals surface area contributed by atoms with E-state index < -0.39 is 35.5 Å². The van der Waals surface area contributed by atoms with Crippen LogP contribution in [0.1, 0.15) is 40.5 Å². The zero-order valence-electron chi connectivity index (χ0n) is 16.0. The Morgan fingerprint density at radius 2 is 1.70 bits per heavy atom. The van der Waals surface area contributed by atoms with Crippen molar-refractivity contribution in [2.45, 2.75) is 51.6 Å². The van der Waals surface area contributed by atoms with Crippen molar-refractivity contribution < 1.29 is 19.2 Å². The fourth-order valence-electron chi connectivity index (χ4n) is 3.65. The summed E-state index contributed by atoms with van der Waals surface area (Å²) in [6, 6.07) is 6.37. The number of urea groups is 1. The molecule has 5 amide bonds. The Balaban J connectivity index is 1.93. The van der Waals surface area contributed by atoms with Crippen LogP contribution < -0.4 is 15.5 Å². The summed E-state index contributed by atoms with van der Waals surface area (Å²) >= 11 is 0. The van der Waals surface area contributed by atoms with Crippen molar-refractivity contribution in [2.24, 2.45) is 0 Å². The van der Waals surface area contributed by atoms with Gasteiger partial charge in [-0.2, -0.15) is 0 Å². The van der Waals surface area contributed by atoms with Crippen molar-refractivity contribution in [3.63, 3.8) is 0 Å². The summed E-state index contributed by atoms with van der Waals surface area (Å²) in [5, 5.41) is 5.50. The molecule has 0 atom stereocenters. The molecule has 3 rings (SSSR count). The van der Waals surface area contributed by atoms with E-state index in [1.165, 1.54) is 4.90 Å². The van der Waals surface area contributed by atoms with Crippen LogP contribution >= 0.6 is 0 Å². The first kappa shape index (κ1) is 18.9. The lowest BCUT2D eigenvalue weighted by molar-refractivity contribution is -0.135. The molecule has 0 spiro atoms. The van der Waals surface area contributed by atoms with Gasteiger partial charge in [0.05, 0.1) is 11.4 Å². The van der Waals surface area contributed by atoms with Crippen LogP contribution in [-0.4, -0.2) is 46.3 Å². The molecule has 1 saturated heterocycles. The molecule has 2 N–H and O–H groups in total. The molecule has 0 aliphatic carbocycles. The van der Waals surface area contributed by atoms with Crippen molar-refractivity contribution in [1.29, 1.82) is 0 Å². The van der Waals surface area contributed by atoms with E-state index in [0.717, 1.165) is 4.90 Å². The maximum absolute atomic E-state index is 13.1. The van der Waals surface area contributed by atoms with Gasteiger partial charge in [0, 0.05) is 0 Å². The minimum atomic E-state index is -1.16. The Morgan fingerprint density at radius 1 is 1.07 bits per heavy atom. The zero-order valence-corrected chi connectivity index (χ0v) is 16.0. The van der Waals surface area contributed by atoms with Crippen molar-refractivity contribution >= 4 is 35.1 Å². The molecule has 144 valence electrons. The Bertz CT molecular complexity index is 829. The van der Waals surface area contributed by atoms with Crippen LogP contribution in [0.3, 0.4) is 0 Å². The second kappa shape index (κ2) is 6.37. The number of carbonyl (C=O) groups excluding carboxylic acids is 4. The molecule has 1 fully saturated rings. The number of benzene rings is 1. The lowest BCUT2D eigenvalue weighted by Crippen LogP contribution is -2.60. The highest BCUT2D eigenvalue weighted by atomic mass is 16.2. The number of hydrogen-bond donors (Lipinski definition) is 2. The van der Waals surface area contributed by atoms with Gasteiger partial charge in [0.15, 0.2) is 0 Å². The molecular formula is C19H24N4O4. The van der Waals surface area contributed by atoms with E-state index in [0.29, 0.717) is 24.2 Å². The SMILES string of the molecule is CCC1(CC)NC(=O)N(CC(=O)N2c3ccccc3NC(=O)C2(C)C)C1=O. The summed E-state index contributed by atoms with van der Waals surface area (Å²) in [5.74, 6) is -1.23. The van der Waals surface area contributed by atoms with E-state index in [1.807, 2.05) is 13.8 Å². The number of imide groups is 1. The molecule has 1 aromatic rings. The molecule has 8 nitrogen and oxygen atoms in total. The monoisotopic (exact) mass is 372 g/mol. The summed E-state index contributed by atoms with van der Waals surface area (Å²) in [6.45, 7) is 6.48. The average Bonchev–Trinajstić information content (AvgIpc) is 2.87. The van der Waals surface area contributed by atoms with E-state index in [9.17, 15) is 19.2 Å². The van der Waals surface area contributed by atoms with Crippen molar-refractivity contribution in [3.05, 3.63) is 24.3 Å². The topological polar surface area (TPSA) is 98.8 Å². The van der Waals surface area contributed by atoms with Crippen LogP contribution in [0, 0.1) is 0 Å². The smallest absolute Gasteiger partial charge is 0.323 e. The van der Waals surface area contributed by atoms with Crippen LogP contribution in [-0.2, 0) is 14.4 Å². The predicted octanol–water partition coefficient (Wildman–Crippen LogP) is 1.86. The van der Waals surface area contributed by atoms with Crippen molar-refractivity contribution in [1.82, 2.24) is 10.2 Å². The third kappa shape index (κ3) is 2.75. The highest BCUT2D eigenvalue weighted by molar-refractivity contribution is 6.16. The first-order chi connectivity index (χ1) is 12.7. The average molecular weight is 372 g/mol. The minimum Gasteiger partial charge on any atom is -0.323 e. The molecule has 8 heteroatoms. The quantitative estimate of drug-likeness (QED) is 0.788. The maximum atomic E-state index is 13.1. The lowest BCUT2D eigenvalue weighted by atomic mass is 9.93. The third-order valence-corrected chi connectivity index (χ3v) is 5.50. The van der Waals surface area contributed by atoms with Crippen LogP contribution in [0.5, 0.6) is 0 Å². The Labute approximate surface area is 157 Å². The van der Waals surface area contributed by atoms with Crippen LogP contribution in [0.25, 0.3) is 0 Å². The number of nitrogens with one attached hydrogen (secondary N) is 2. The van der Waals surface area contributed by atoms with Crippen molar-refractivity contribution in [2.75, 3.05) is 16.8 Å². The molecule has 2 aliphatic rings. The van der Waals surface area contributed by atoms with Gasteiger partial charge in [0.1, 0.15) is 17.6 Å². The van der Waals surface area contributed by atoms with Crippen LogP contribution in [0.4, 0.5) is 16.2 Å².